The number of nitrogens with zero attached hydrogens (tertiary/aromatic N) is 3. The van der Waals surface area contributed by atoms with Gasteiger partial charge in [0.1, 0.15) is 17.8 Å². The predicted octanol–water partition coefficient (Wildman–Crippen LogP) is 1.03. The molecule has 2 saturated carbocycles. The molecule has 1 unspecified atom stereocenters. The molecule has 2 aliphatic carbocycles. The molecule has 0 bridgehead atoms. The van der Waals surface area contributed by atoms with Gasteiger partial charge in [0, 0.05) is 25.0 Å². The summed E-state index contributed by atoms with van der Waals surface area (Å²) in [6, 6.07) is -2.63. The van der Waals surface area contributed by atoms with Gasteiger partial charge in [0.25, 0.3) is 11.8 Å². The van der Waals surface area contributed by atoms with E-state index in [2.05, 4.69) is 31.2 Å². The Kier molecular flexibility index (Phi) is 11.8. The lowest BCUT2D eigenvalue weighted by Crippen LogP contribution is -2.56. The third-order valence-corrected chi connectivity index (χ3v) is 8.88. The van der Waals surface area contributed by atoms with Crippen LogP contribution >= 0.6 is 0 Å². The molecule has 0 aromatic carbocycles. The highest BCUT2D eigenvalue weighted by Gasteiger charge is 2.42. The number of hydrogen-bond acceptors (Lipinski definition) is 8. The summed E-state index contributed by atoms with van der Waals surface area (Å²) >= 11 is 0. The average molecular weight is 612 g/mol. The molecule has 3 aliphatic rings. The molecule has 5 amide bonds. The van der Waals surface area contributed by atoms with Crippen molar-refractivity contribution in [2.75, 3.05) is 13.1 Å². The van der Waals surface area contributed by atoms with Crippen LogP contribution in [0.25, 0.3) is 0 Å². The lowest BCUT2D eigenvalue weighted by Gasteiger charge is -2.31. The molecule has 13 nitrogen and oxygen atoms in total. The summed E-state index contributed by atoms with van der Waals surface area (Å²) in [7, 11) is 0. The Morgan fingerprint density at radius 1 is 0.955 bits per heavy atom. The number of hydrogen-bond donors (Lipinski definition) is 4. The average Bonchev–Trinajstić information content (AvgIpc) is 3.75. The fourth-order valence-electron chi connectivity index (χ4n) is 6.25. The molecule has 0 radical (unpaired) electrons. The Balaban J connectivity index is 1.40. The third kappa shape index (κ3) is 8.60. The van der Waals surface area contributed by atoms with E-state index in [9.17, 15) is 28.8 Å². The summed E-state index contributed by atoms with van der Waals surface area (Å²) in [4.78, 5) is 87.9. The summed E-state index contributed by atoms with van der Waals surface area (Å²) in [6.45, 7) is 3.79. The van der Waals surface area contributed by atoms with Crippen molar-refractivity contribution in [1.82, 2.24) is 36.1 Å². The fraction of sp³-hybridized carbons (Fsp3) is 0.677. The topological polar surface area (TPSA) is 180 Å². The second-order valence-corrected chi connectivity index (χ2v) is 12.1. The van der Waals surface area contributed by atoms with Crippen molar-refractivity contribution in [3.05, 3.63) is 24.3 Å². The zero-order valence-corrected chi connectivity index (χ0v) is 25.7. The van der Waals surface area contributed by atoms with Gasteiger partial charge in [-0.3, -0.25) is 33.8 Å². The van der Waals surface area contributed by atoms with Crippen LogP contribution in [0.1, 0.15) is 95.0 Å². The summed E-state index contributed by atoms with van der Waals surface area (Å²) in [5.41, 5.74) is 0.0959. The van der Waals surface area contributed by atoms with E-state index in [1.165, 1.54) is 23.5 Å². The molecule has 13 heteroatoms. The minimum Gasteiger partial charge on any atom is -0.347 e. The number of likely N-dealkylation sites (tertiary alicyclic amines) is 1. The Labute approximate surface area is 258 Å². The lowest BCUT2D eigenvalue weighted by molar-refractivity contribution is -0.143. The van der Waals surface area contributed by atoms with Gasteiger partial charge in [0.15, 0.2) is 0 Å². The number of aromatic nitrogens is 2. The molecule has 3 fully saturated rings. The lowest BCUT2D eigenvalue weighted by atomic mass is 9.83. The van der Waals surface area contributed by atoms with Crippen LogP contribution in [0.15, 0.2) is 18.6 Å². The Hall–Kier alpha value is -3.90. The van der Waals surface area contributed by atoms with Crippen molar-refractivity contribution >= 4 is 35.3 Å². The van der Waals surface area contributed by atoms with Crippen LogP contribution in [0.5, 0.6) is 0 Å². The van der Waals surface area contributed by atoms with Crippen LogP contribution in [0.2, 0.25) is 0 Å². The SMILES string of the molecule is CCC[C@H](NC(=O)[C@@H]1[C@@H](CC)CCN1C(=O)CNC(=O)C(NC(=O)c1cnccn1)C1CCCCC1)C(=O)C(=O)NC1CC1. The van der Waals surface area contributed by atoms with Crippen LogP contribution < -0.4 is 21.3 Å². The van der Waals surface area contributed by atoms with Crippen molar-refractivity contribution in [2.24, 2.45) is 11.8 Å². The quantitative estimate of drug-likeness (QED) is 0.225. The minimum absolute atomic E-state index is 0.0186. The molecule has 1 aromatic heterocycles. The number of carbonyl (C=O) groups excluding carboxylic acids is 6. The van der Waals surface area contributed by atoms with E-state index in [0.717, 1.165) is 44.9 Å². The van der Waals surface area contributed by atoms with E-state index >= 15 is 0 Å². The van der Waals surface area contributed by atoms with Crippen molar-refractivity contribution in [3.8, 4) is 0 Å². The van der Waals surface area contributed by atoms with Crippen LogP contribution in [-0.4, -0.2) is 87.4 Å². The van der Waals surface area contributed by atoms with Crippen LogP contribution in [0, 0.1) is 11.8 Å². The molecule has 240 valence electrons. The highest BCUT2D eigenvalue weighted by Crippen LogP contribution is 2.29. The molecule has 44 heavy (non-hydrogen) atoms. The first-order valence-electron chi connectivity index (χ1n) is 16.0. The zero-order valence-electron chi connectivity index (χ0n) is 25.7. The van der Waals surface area contributed by atoms with Crippen molar-refractivity contribution in [3.63, 3.8) is 0 Å². The second-order valence-electron chi connectivity index (χ2n) is 12.1. The van der Waals surface area contributed by atoms with Crippen LogP contribution in [0.4, 0.5) is 0 Å². The summed E-state index contributed by atoms with van der Waals surface area (Å²) in [5.74, 6) is -3.48. The standard InChI is InChI=1S/C31H45N7O6/c1-3-8-22(27(40)31(44)35-21-11-12-21)36-30(43)26-19(4-2)13-16-38(26)24(39)18-34-29(42)25(20-9-6-5-7-10-20)37-28(41)23-17-32-14-15-33-23/h14-15,17,19-22,25-26H,3-13,16,18H2,1-2H3,(H,34,42)(H,35,44)(H,36,43)(H,37,41)/t19-,22-,25?,26-/m0/s1. The van der Waals surface area contributed by atoms with E-state index < -0.39 is 53.4 Å². The van der Waals surface area contributed by atoms with Gasteiger partial charge in [-0.2, -0.15) is 0 Å². The van der Waals surface area contributed by atoms with Gasteiger partial charge in [-0.05, 0) is 50.4 Å². The van der Waals surface area contributed by atoms with E-state index in [0.29, 0.717) is 32.2 Å². The van der Waals surface area contributed by atoms with E-state index in [-0.39, 0.29) is 30.1 Å². The highest BCUT2D eigenvalue weighted by molar-refractivity contribution is 6.38. The molecular weight excluding hydrogens is 566 g/mol. The molecule has 4 N–H and O–H groups in total. The number of carbonyl (C=O) groups is 6. The first kappa shape index (κ1) is 33.0. The maximum Gasteiger partial charge on any atom is 0.289 e. The van der Waals surface area contributed by atoms with Crippen molar-refractivity contribution in [1.29, 1.82) is 0 Å². The molecule has 1 aliphatic heterocycles. The number of amides is 5. The first-order valence-corrected chi connectivity index (χ1v) is 16.0. The number of ketones is 1. The second kappa shape index (κ2) is 15.7. The fourth-order valence-corrected chi connectivity index (χ4v) is 6.25. The monoisotopic (exact) mass is 611 g/mol. The van der Waals surface area contributed by atoms with Gasteiger partial charge in [0.2, 0.25) is 23.5 Å². The number of rotatable bonds is 14. The Morgan fingerprint density at radius 2 is 1.70 bits per heavy atom. The molecule has 1 aromatic rings. The smallest absolute Gasteiger partial charge is 0.289 e. The highest BCUT2D eigenvalue weighted by atomic mass is 16.2. The summed E-state index contributed by atoms with van der Waals surface area (Å²) in [5, 5.41) is 10.9. The summed E-state index contributed by atoms with van der Waals surface area (Å²) in [6.07, 6.45) is 12.5. The van der Waals surface area contributed by atoms with Gasteiger partial charge in [0.05, 0.1) is 18.8 Å². The molecule has 4 atom stereocenters. The number of Topliss-reactive ketones (excluding diaryl/α,β-unsaturated/α-hetero) is 1. The molecule has 2 heterocycles. The van der Waals surface area contributed by atoms with E-state index in [4.69, 9.17) is 0 Å². The first-order chi connectivity index (χ1) is 21.2. The van der Waals surface area contributed by atoms with Gasteiger partial charge in [-0.1, -0.05) is 46.0 Å². The molecule has 4 rings (SSSR count). The van der Waals surface area contributed by atoms with Gasteiger partial charge < -0.3 is 26.2 Å². The van der Waals surface area contributed by atoms with Crippen molar-refractivity contribution < 1.29 is 28.8 Å². The number of nitrogens with one attached hydrogen (secondary N) is 4. The summed E-state index contributed by atoms with van der Waals surface area (Å²) < 4.78 is 0. The molecule has 1 saturated heterocycles. The minimum atomic E-state index is -0.977. The normalized spacial score (nSPS) is 21.5. The maximum atomic E-state index is 13.6. The van der Waals surface area contributed by atoms with E-state index in [1.54, 1.807) is 0 Å². The Bertz CT molecular complexity index is 1200. The largest absolute Gasteiger partial charge is 0.347 e. The van der Waals surface area contributed by atoms with Gasteiger partial charge in [-0.25, -0.2) is 4.98 Å². The predicted molar refractivity (Wildman–Crippen MR) is 160 cm³/mol. The van der Waals surface area contributed by atoms with E-state index in [1.807, 2.05) is 13.8 Å². The Morgan fingerprint density at radius 3 is 2.34 bits per heavy atom. The molecular formula is C31H45N7O6. The molecule has 0 spiro atoms. The van der Waals surface area contributed by atoms with Gasteiger partial charge >= 0.3 is 0 Å². The third-order valence-electron chi connectivity index (χ3n) is 8.88. The van der Waals surface area contributed by atoms with Crippen molar-refractivity contribution in [2.45, 2.75) is 109 Å². The van der Waals surface area contributed by atoms with Crippen LogP contribution in [-0.2, 0) is 24.0 Å². The zero-order chi connectivity index (χ0) is 31.6. The van der Waals surface area contributed by atoms with Gasteiger partial charge in [-0.15, -0.1) is 0 Å². The maximum absolute atomic E-state index is 13.6. The van der Waals surface area contributed by atoms with Crippen LogP contribution in [0.3, 0.4) is 0 Å².